The van der Waals surface area contributed by atoms with Crippen molar-refractivity contribution in [2.45, 2.75) is 31.2 Å². The number of nitrogens with zero attached hydrogens (tertiary/aromatic N) is 1. The van der Waals surface area contributed by atoms with Gasteiger partial charge in [-0.2, -0.15) is 8.42 Å². The molecule has 165 valence electrons. The second kappa shape index (κ2) is 9.36. The molecule has 0 heterocycles. The summed E-state index contributed by atoms with van der Waals surface area (Å²) in [6, 6.07) is 18.3. The first kappa shape index (κ1) is 23.9. The van der Waals surface area contributed by atoms with E-state index in [4.69, 9.17) is 11.6 Å². The minimum absolute atomic E-state index is 0.0559. The maximum atomic E-state index is 13.9. The number of hydrogen-bond acceptors (Lipinski definition) is 4. The van der Waals surface area contributed by atoms with Crippen molar-refractivity contribution in [3.63, 3.8) is 0 Å². The van der Waals surface area contributed by atoms with Crippen LogP contribution < -0.4 is 0 Å². The molecule has 1 unspecified atom stereocenters. The van der Waals surface area contributed by atoms with E-state index in [0.717, 1.165) is 11.1 Å². The molecule has 0 aliphatic heterocycles. The van der Waals surface area contributed by atoms with Gasteiger partial charge in [0, 0.05) is 11.4 Å². The number of quaternary nitrogens is 1. The maximum Gasteiger partial charge on any atom is 0.361 e. The standard InChI is InChI=1S/C25H24ClNO4S/c1-18-13-19(2)15-21(14-18)25(29)27(3,32(30,31)23-10-5-4-6-11-23)22(17-28)16-20-9-7-8-12-24(20)26/h4-15,22H,16H2,1-3H3/q+1/t22-,27?/m0/s1. The Labute approximate surface area is 193 Å². The number of halogens is 1. The van der Waals surface area contributed by atoms with E-state index in [-0.39, 0.29) is 16.9 Å². The van der Waals surface area contributed by atoms with Crippen molar-refractivity contribution in [2.75, 3.05) is 7.05 Å². The van der Waals surface area contributed by atoms with Gasteiger partial charge in [0.2, 0.25) is 0 Å². The summed E-state index contributed by atoms with van der Waals surface area (Å²) in [5.41, 5.74) is 2.40. The molecule has 0 saturated carbocycles. The summed E-state index contributed by atoms with van der Waals surface area (Å²) >= 11 is 6.27. The highest BCUT2D eigenvalue weighted by atomic mass is 35.5. The fourth-order valence-electron chi connectivity index (χ4n) is 3.77. The van der Waals surface area contributed by atoms with Crippen molar-refractivity contribution in [3.8, 4) is 0 Å². The van der Waals surface area contributed by atoms with E-state index < -0.39 is 25.9 Å². The summed E-state index contributed by atoms with van der Waals surface area (Å²) in [7, 11) is -3.08. The van der Waals surface area contributed by atoms with Crippen molar-refractivity contribution in [1.82, 2.24) is 0 Å². The first-order valence-electron chi connectivity index (χ1n) is 10.0. The highest BCUT2D eigenvalue weighted by molar-refractivity contribution is 7.86. The summed E-state index contributed by atoms with van der Waals surface area (Å²) < 4.78 is 26.5. The molecular formula is C25H24ClNO4S+. The molecule has 0 fully saturated rings. The Morgan fingerprint density at radius 3 is 2.09 bits per heavy atom. The van der Waals surface area contributed by atoms with Gasteiger partial charge >= 0.3 is 15.9 Å². The van der Waals surface area contributed by atoms with Gasteiger partial charge in [-0.1, -0.05) is 54.1 Å². The predicted octanol–water partition coefficient (Wildman–Crippen LogP) is 4.65. The van der Waals surface area contributed by atoms with E-state index in [1.54, 1.807) is 54.6 Å². The molecule has 1 amide bonds. The van der Waals surface area contributed by atoms with Gasteiger partial charge in [0.1, 0.15) is 4.90 Å². The third-order valence-corrected chi connectivity index (χ3v) is 8.17. The van der Waals surface area contributed by atoms with Crippen LogP contribution in [-0.2, 0) is 21.2 Å². The minimum atomic E-state index is -4.34. The monoisotopic (exact) mass is 469 g/mol. The molecule has 0 saturated heterocycles. The zero-order valence-electron chi connectivity index (χ0n) is 18.1. The zero-order chi connectivity index (χ0) is 23.5. The molecule has 0 bridgehead atoms. The Morgan fingerprint density at radius 2 is 1.53 bits per heavy atom. The molecule has 5 nitrogen and oxygen atoms in total. The van der Waals surface area contributed by atoms with Crippen LogP contribution in [0.2, 0.25) is 5.02 Å². The molecule has 3 aromatic carbocycles. The van der Waals surface area contributed by atoms with Crippen LogP contribution in [0.5, 0.6) is 0 Å². The van der Waals surface area contributed by atoms with Gasteiger partial charge in [-0.05, 0) is 60.9 Å². The van der Waals surface area contributed by atoms with Crippen LogP contribution in [0.4, 0.5) is 0 Å². The first-order valence-corrected chi connectivity index (χ1v) is 11.8. The fourth-order valence-corrected chi connectivity index (χ4v) is 5.70. The molecule has 1 radical (unpaired) electrons. The number of amides is 1. The van der Waals surface area contributed by atoms with Gasteiger partial charge in [-0.25, -0.2) is 4.79 Å². The molecule has 0 N–H and O–H groups in total. The Morgan fingerprint density at radius 1 is 0.969 bits per heavy atom. The molecule has 0 aromatic heterocycles. The molecule has 3 rings (SSSR count). The highest BCUT2D eigenvalue weighted by Gasteiger charge is 2.53. The topological polar surface area (TPSA) is 68.3 Å². The number of carbonyl (C=O) groups is 1. The second-order valence-corrected chi connectivity index (χ2v) is 10.5. The van der Waals surface area contributed by atoms with E-state index in [2.05, 4.69) is 0 Å². The van der Waals surface area contributed by atoms with Crippen LogP contribution >= 0.6 is 11.6 Å². The lowest BCUT2D eigenvalue weighted by molar-refractivity contribution is -0.714. The molecule has 32 heavy (non-hydrogen) atoms. The maximum absolute atomic E-state index is 13.9. The Kier molecular flexibility index (Phi) is 6.98. The van der Waals surface area contributed by atoms with Crippen LogP contribution in [0.15, 0.2) is 77.7 Å². The number of aryl methyl sites for hydroxylation is 2. The fraction of sp³-hybridized carbons (Fsp3) is 0.200. The van der Waals surface area contributed by atoms with Crippen molar-refractivity contribution >= 4 is 33.8 Å². The number of likely N-dealkylation sites (N-methyl/N-ethyl adjacent to an activating group) is 1. The molecule has 2 atom stereocenters. The van der Waals surface area contributed by atoms with Gasteiger partial charge in [0.15, 0.2) is 6.04 Å². The lowest BCUT2D eigenvalue weighted by Gasteiger charge is -2.34. The van der Waals surface area contributed by atoms with E-state index in [1.165, 1.54) is 19.2 Å². The van der Waals surface area contributed by atoms with Gasteiger partial charge in [0.25, 0.3) is 6.29 Å². The van der Waals surface area contributed by atoms with E-state index in [0.29, 0.717) is 10.6 Å². The SMILES string of the molecule is Cc1cc(C)cc(C(=O)[N+](C)([C@H]([C]=O)Cc2ccccc2Cl)S(=O)(=O)c2ccccc2)c1. The van der Waals surface area contributed by atoms with Gasteiger partial charge < -0.3 is 0 Å². The van der Waals surface area contributed by atoms with Crippen LogP contribution in [0.3, 0.4) is 0 Å². The number of carbonyl (C=O) groups excluding carboxylic acids is 2. The number of benzene rings is 3. The highest BCUT2D eigenvalue weighted by Crippen LogP contribution is 2.31. The van der Waals surface area contributed by atoms with Gasteiger partial charge in [-0.3, -0.25) is 4.79 Å². The van der Waals surface area contributed by atoms with Crippen LogP contribution in [0, 0.1) is 13.8 Å². The van der Waals surface area contributed by atoms with Crippen molar-refractivity contribution in [2.24, 2.45) is 0 Å². The number of hydrogen-bond donors (Lipinski definition) is 0. The second-order valence-electron chi connectivity index (χ2n) is 7.89. The lowest BCUT2D eigenvalue weighted by Crippen LogP contribution is -2.61. The van der Waals surface area contributed by atoms with E-state index in [9.17, 15) is 18.0 Å². The van der Waals surface area contributed by atoms with E-state index in [1.807, 2.05) is 26.2 Å². The number of rotatable bonds is 7. The molecule has 7 heteroatoms. The predicted molar refractivity (Wildman–Crippen MR) is 125 cm³/mol. The lowest BCUT2D eigenvalue weighted by atomic mass is 10.0. The largest absolute Gasteiger partial charge is 0.361 e. The van der Waals surface area contributed by atoms with Crippen molar-refractivity contribution in [3.05, 3.63) is 100 Å². The van der Waals surface area contributed by atoms with Crippen LogP contribution in [0.25, 0.3) is 0 Å². The minimum Gasteiger partial charge on any atom is -0.284 e. The third kappa shape index (κ3) is 4.39. The Hall–Kier alpha value is -2.80. The van der Waals surface area contributed by atoms with Crippen molar-refractivity contribution in [1.29, 1.82) is 0 Å². The number of sulfonamides is 1. The normalized spacial score (nSPS) is 14.4. The Balaban J connectivity index is 2.23. The molecule has 0 aliphatic carbocycles. The summed E-state index contributed by atoms with van der Waals surface area (Å²) in [5, 5.41) is 0.384. The first-order chi connectivity index (χ1) is 15.1. The molecule has 0 aliphatic rings. The Bertz CT molecular complexity index is 1240. The van der Waals surface area contributed by atoms with Crippen LogP contribution in [0.1, 0.15) is 27.0 Å². The smallest absolute Gasteiger partial charge is 0.284 e. The quantitative estimate of drug-likeness (QED) is 0.472. The van der Waals surface area contributed by atoms with Gasteiger partial charge in [-0.15, -0.1) is 3.89 Å². The summed E-state index contributed by atoms with van der Waals surface area (Å²) in [6.07, 6.45) is 1.77. The average molecular weight is 470 g/mol. The summed E-state index contributed by atoms with van der Waals surface area (Å²) in [6.45, 7) is 3.65. The van der Waals surface area contributed by atoms with Crippen molar-refractivity contribution < 1.29 is 21.9 Å². The summed E-state index contributed by atoms with van der Waals surface area (Å²) in [4.78, 5) is 26.0. The van der Waals surface area contributed by atoms with Crippen LogP contribution in [-0.4, -0.2) is 37.6 Å². The zero-order valence-corrected chi connectivity index (χ0v) is 19.7. The third-order valence-electron chi connectivity index (χ3n) is 5.51. The molecular weight excluding hydrogens is 446 g/mol. The summed E-state index contributed by atoms with van der Waals surface area (Å²) in [5.74, 6) is -0.707. The van der Waals surface area contributed by atoms with Gasteiger partial charge in [0.05, 0.1) is 12.6 Å². The average Bonchev–Trinajstić information content (AvgIpc) is 2.77. The molecule has 0 spiro atoms. The molecule has 3 aromatic rings. The van der Waals surface area contributed by atoms with E-state index >= 15 is 0 Å².